The van der Waals surface area contributed by atoms with Gasteiger partial charge in [0.05, 0.1) is 5.92 Å². The number of carbonyl (C=O) groups excluding carboxylic acids is 2. The summed E-state index contributed by atoms with van der Waals surface area (Å²) in [7, 11) is 0. The molecule has 0 bridgehead atoms. The number of rotatable bonds is 2. The van der Waals surface area contributed by atoms with Crippen molar-refractivity contribution in [1.29, 1.82) is 0 Å². The fraction of sp³-hybridized carbons (Fsp3) is 0.733. The summed E-state index contributed by atoms with van der Waals surface area (Å²) in [5.74, 6) is 0.744. The SMILES string of the molecule is CC(=O)[C@@H]1C[C@H]2C(C)=CC[C@H](C(C)C)[C@H]2C(=O)O1. The maximum atomic E-state index is 12.2. The summed E-state index contributed by atoms with van der Waals surface area (Å²) in [4.78, 5) is 23.6. The van der Waals surface area contributed by atoms with Crippen LogP contribution in [-0.2, 0) is 14.3 Å². The molecule has 0 aromatic carbocycles. The molecule has 0 N–H and O–H groups in total. The lowest BCUT2D eigenvalue weighted by Crippen LogP contribution is -2.46. The third-order valence-electron chi connectivity index (χ3n) is 4.50. The molecule has 0 saturated carbocycles. The average Bonchev–Trinajstić information content (AvgIpc) is 2.29. The number of ether oxygens (including phenoxy) is 1. The Kier molecular flexibility index (Phi) is 3.60. The molecule has 100 valence electrons. The number of esters is 1. The van der Waals surface area contributed by atoms with E-state index < -0.39 is 6.10 Å². The highest BCUT2D eigenvalue weighted by Gasteiger charge is 2.46. The van der Waals surface area contributed by atoms with Crippen LogP contribution in [0.15, 0.2) is 11.6 Å². The summed E-state index contributed by atoms with van der Waals surface area (Å²) in [6.07, 6.45) is 3.32. The second-order valence-electron chi connectivity index (χ2n) is 6.00. The number of carbonyl (C=O) groups is 2. The molecule has 3 nitrogen and oxygen atoms in total. The monoisotopic (exact) mass is 250 g/mol. The molecule has 1 fully saturated rings. The van der Waals surface area contributed by atoms with Crippen LogP contribution in [0.5, 0.6) is 0 Å². The summed E-state index contributed by atoms with van der Waals surface area (Å²) >= 11 is 0. The highest BCUT2D eigenvalue weighted by Crippen LogP contribution is 2.44. The van der Waals surface area contributed by atoms with E-state index in [1.54, 1.807) is 0 Å². The molecule has 0 amide bonds. The molecule has 4 atom stereocenters. The fourth-order valence-corrected chi connectivity index (χ4v) is 3.31. The molecule has 2 rings (SSSR count). The van der Waals surface area contributed by atoms with Crippen molar-refractivity contribution in [1.82, 2.24) is 0 Å². The van der Waals surface area contributed by atoms with Crippen LogP contribution in [-0.4, -0.2) is 17.9 Å². The van der Waals surface area contributed by atoms with Gasteiger partial charge in [0.1, 0.15) is 0 Å². The molecule has 0 unspecified atom stereocenters. The fourth-order valence-electron chi connectivity index (χ4n) is 3.31. The second kappa shape index (κ2) is 4.87. The number of fused-ring (bicyclic) bond motifs is 1. The zero-order valence-electron chi connectivity index (χ0n) is 11.6. The lowest BCUT2D eigenvalue weighted by atomic mass is 9.65. The Hall–Kier alpha value is -1.12. The van der Waals surface area contributed by atoms with Crippen LogP contribution < -0.4 is 0 Å². The van der Waals surface area contributed by atoms with E-state index >= 15 is 0 Å². The molecule has 2 aliphatic rings. The first-order valence-corrected chi connectivity index (χ1v) is 6.79. The van der Waals surface area contributed by atoms with Gasteiger partial charge in [-0.2, -0.15) is 0 Å². The van der Waals surface area contributed by atoms with Gasteiger partial charge in [0.15, 0.2) is 11.9 Å². The maximum Gasteiger partial charge on any atom is 0.310 e. The van der Waals surface area contributed by atoms with Crippen LogP contribution in [0.4, 0.5) is 0 Å². The Balaban J connectivity index is 2.28. The van der Waals surface area contributed by atoms with Crippen molar-refractivity contribution >= 4 is 11.8 Å². The van der Waals surface area contributed by atoms with Crippen molar-refractivity contribution in [3.8, 4) is 0 Å². The normalized spacial score (nSPS) is 35.8. The summed E-state index contributed by atoms with van der Waals surface area (Å²) in [6, 6.07) is 0. The van der Waals surface area contributed by atoms with Crippen molar-refractivity contribution in [2.24, 2.45) is 23.7 Å². The molecule has 0 radical (unpaired) electrons. The molecule has 18 heavy (non-hydrogen) atoms. The molecular formula is C15H22O3. The summed E-state index contributed by atoms with van der Waals surface area (Å²) < 4.78 is 5.33. The van der Waals surface area contributed by atoms with Gasteiger partial charge < -0.3 is 4.74 Å². The summed E-state index contributed by atoms with van der Waals surface area (Å²) in [5, 5.41) is 0. The smallest absolute Gasteiger partial charge is 0.310 e. The minimum Gasteiger partial charge on any atom is -0.454 e. The Bertz CT molecular complexity index is 395. The van der Waals surface area contributed by atoms with Crippen molar-refractivity contribution in [2.45, 2.75) is 46.6 Å². The molecule has 0 aromatic heterocycles. The van der Waals surface area contributed by atoms with E-state index in [0.717, 1.165) is 6.42 Å². The van der Waals surface area contributed by atoms with E-state index in [0.29, 0.717) is 18.3 Å². The largest absolute Gasteiger partial charge is 0.454 e. The van der Waals surface area contributed by atoms with Crippen LogP contribution in [0.1, 0.15) is 40.5 Å². The van der Waals surface area contributed by atoms with Crippen molar-refractivity contribution in [3.05, 3.63) is 11.6 Å². The van der Waals surface area contributed by atoms with Gasteiger partial charge in [0.25, 0.3) is 0 Å². The predicted molar refractivity (Wildman–Crippen MR) is 68.9 cm³/mol. The second-order valence-corrected chi connectivity index (χ2v) is 6.00. The van der Waals surface area contributed by atoms with Gasteiger partial charge in [-0.3, -0.25) is 9.59 Å². The third-order valence-corrected chi connectivity index (χ3v) is 4.50. The number of hydrogen-bond donors (Lipinski definition) is 0. The number of ketones is 1. The lowest BCUT2D eigenvalue weighted by Gasteiger charge is -2.42. The van der Waals surface area contributed by atoms with Gasteiger partial charge in [0, 0.05) is 0 Å². The van der Waals surface area contributed by atoms with Crippen molar-refractivity contribution < 1.29 is 14.3 Å². The van der Waals surface area contributed by atoms with Crippen molar-refractivity contribution in [3.63, 3.8) is 0 Å². The molecule has 3 heteroatoms. The Morgan fingerprint density at radius 3 is 2.67 bits per heavy atom. The lowest BCUT2D eigenvalue weighted by molar-refractivity contribution is -0.172. The Morgan fingerprint density at radius 1 is 1.44 bits per heavy atom. The van der Waals surface area contributed by atoms with Gasteiger partial charge in [-0.05, 0) is 44.4 Å². The van der Waals surface area contributed by atoms with Crippen LogP contribution in [0.3, 0.4) is 0 Å². The molecule has 1 saturated heterocycles. The van der Waals surface area contributed by atoms with Crippen LogP contribution in [0.25, 0.3) is 0 Å². The molecule has 0 spiro atoms. The zero-order valence-corrected chi connectivity index (χ0v) is 11.6. The van der Waals surface area contributed by atoms with E-state index in [1.807, 2.05) is 0 Å². The molecule has 1 aliphatic heterocycles. The Morgan fingerprint density at radius 2 is 2.11 bits per heavy atom. The highest BCUT2D eigenvalue weighted by atomic mass is 16.5. The summed E-state index contributed by atoms with van der Waals surface area (Å²) in [5.41, 5.74) is 1.25. The topological polar surface area (TPSA) is 43.4 Å². The van der Waals surface area contributed by atoms with Crippen LogP contribution in [0, 0.1) is 23.7 Å². The molecule has 0 aromatic rings. The third kappa shape index (κ3) is 2.23. The van der Waals surface area contributed by atoms with Crippen LogP contribution in [0.2, 0.25) is 0 Å². The number of allylic oxidation sites excluding steroid dienone is 2. The van der Waals surface area contributed by atoms with Gasteiger partial charge in [0.2, 0.25) is 0 Å². The van der Waals surface area contributed by atoms with E-state index in [9.17, 15) is 9.59 Å². The van der Waals surface area contributed by atoms with Crippen molar-refractivity contribution in [2.75, 3.05) is 0 Å². The van der Waals surface area contributed by atoms with Crippen LogP contribution >= 0.6 is 0 Å². The van der Waals surface area contributed by atoms with Gasteiger partial charge in [-0.1, -0.05) is 25.5 Å². The quantitative estimate of drug-likeness (QED) is 0.559. The minimum atomic E-state index is -0.534. The molecule has 1 aliphatic carbocycles. The average molecular weight is 250 g/mol. The van der Waals surface area contributed by atoms with E-state index in [1.165, 1.54) is 12.5 Å². The van der Waals surface area contributed by atoms with E-state index in [4.69, 9.17) is 4.74 Å². The standard InChI is InChI=1S/C15H22O3/c1-8(2)11-6-5-9(3)12-7-13(10(4)16)18-15(17)14(11)12/h5,8,11-14H,6-7H2,1-4H3/t11-,12+,13+,14-/m1/s1. The zero-order chi connectivity index (χ0) is 13.4. The number of hydrogen-bond acceptors (Lipinski definition) is 3. The number of Topliss-reactive ketones (excluding diaryl/α,β-unsaturated/α-hetero) is 1. The van der Waals surface area contributed by atoms with E-state index in [-0.39, 0.29) is 23.6 Å². The van der Waals surface area contributed by atoms with E-state index in [2.05, 4.69) is 26.8 Å². The first-order chi connectivity index (χ1) is 8.41. The first kappa shape index (κ1) is 13.3. The Labute approximate surface area is 109 Å². The molecular weight excluding hydrogens is 228 g/mol. The highest BCUT2D eigenvalue weighted by molar-refractivity contribution is 5.85. The molecule has 1 heterocycles. The minimum absolute atomic E-state index is 0.0405. The van der Waals surface area contributed by atoms with Gasteiger partial charge >= 0.3 is 5.97 Å². The number of cyclic esters (lactones) is 1. The predicted octanol–water partition coefficient (Wildman–Crippen LogP) is 2.75. The van der Waals surface area contributed by atoms with Gasteiger partial charge in [-0.25, -0.2) is 0 Å². The summed E-state index contributed by atoms with van der Waals surface area (Å²) in [6.45, 7) is 7.88. The first-order valence-electron chi connectivity index (χ1n) is 6.79. The van der Waals surface area contributed by atoms with Gasteiger partial charge in [-0.15, -0.1) is 0 Å². The maximum absolute atomic E-state index is 12.2.